The molecule has 2 fully saturated rings. The first-order valence-corrected chi connectivity index (χ1v) is 7.32. The molecular weight excluding hydrogens is 226 g/mol. The van der Waals surface area contributed by atoms with E-state index in [-0.39, 0.29) is 5.60 Å². The lowest BCUT2D eigenvalue weighted by molar-refractivity contribution is -0.114. The Hall–Kier alpha value is -0.120. The average molecular weight is 255 g/mol. The van der Waals surface area contributed by atoms with Gasteiger partial charge in [0.1, 0.15) is 0 Å². The third-order valence-corrected chi connectivity index (χ3v) is 4.24. The summed E-state index contributed by atoms with van der Waals surface area (Å²) in [7, 11) is 1.78. The van der Waals surface area contributed by atoms with Crippen molar-refractivity contribution in [2.75, 3.05) is 33.4 Å². The molecule has 0 bridgehead atoms. The number of hydrogen-bond donors (Lipinski definition) is 0. The Bertz CT molecular complexity index is 256. The molecule has 3 nitrogen and oxygen atoms in total. The highest BCUT2D eigenvalue weighted by atomic mass is 16.5. The van der Waals surface area contributed by atoms with Gasteiger partial charge in [-0.15, -0.1) is 0 Å². The van der Waals surface area contributed by atoms with Crippen LogP contribution in [0.3, 0.4) is 0 Å². The summed E-state index contributed by atoms with van der Waals surface area (Å²) in [6, 6.07) is 0. The monoisotopic (exact) mass is 255 g/mol. The summed E-state index contributed by atoms with van der Waals surface area (Å²) in [6.07, 6.45) is 5.67. The average Bonchev–Trinajstić information content (AvgIpc) is 2.23. The molecule has 1 spiro atoms. The highest BCUT2D eigenvalue weighted by Gasteiger charge is 2.45. The maximum atomic E-state index is 6.10. The Morgan fingerprint density at radius 2 is 1.78 bits per heavy atom. The fourth-order valence-corrected chi connectivity index (χ4v) is 3.42. The van der Waals surface area contributed by atoms with E-state index in [0.717, 1.165) is 13.2 Å². The van der Waals surface area contributed by atoms with Gasteiger partial charge in [0.2, 0.25) is 0 Å². The van der Waals surface area contributed by atoms with Crippen LogP contribution in [0.1, 0.15) is 46.5 Å². The third kappa shape index (κ3) is 3.69. The second-order valence-corrected chi connectivity index (χ2v) is 7.13. The van der Waals surface area contributed by atoms with Gasteiger partial charge in [0.25, 0.3) is 0 Å². The molecule has 0 aromatic heterocycles. The molecule has 0 aromatic carbocycles. The Morgan fingerprint density at radius 1 is 1.17 bits per heavy atom. The Balaban J connectivity index is 1.69. The summed E-state index contributed by atoms with van der Waals surface area (Å²) >= 11 is 0. The lowest BCUT2D eigenvalue weighted by Gasteiger charge is -2.54. The summed E-state index contributed by atoms with van der Waals surface area (Å²) in [5.74, 6) is 0. The van der Waals surface area contributed by atoms with Crippen LogP contribution in [0.15, 0.2) is 0 Å². The van der Waals surface area contributed by atoms with Crippen LogP contribution in [0.4, 0.5) is 0 Å². The van der Waals surface area contributed by atoms with Crippen molar-refractivity contribution in [2.45, 2.75) is 58.2 Å². The van der Waals surface area contributed by atoms with Gasteiger partial charge in [-0.2, -0.15) is 0 Å². The Labute approximate surface area is 112 Å². The number of methoxy groups -OCH3 is 1. The normalized spacial score (nSPS) is 25.3. The molecule has 2 aliphatic rings. The second kappa shape index (κ2) is 5.48. The molecule has 0 atom stereocenters. The lowest BCUT2D eigenvalue weighted by atomic mass is 9.68. The van der Waals surface area contributed by atoms with Gasteiger partial charge < -0.3 is 9.47 Å². The van der Waals surface area contributed by atoms with Crippen LogP contribution in [0.2, 0.25) is 0 Å². The summed E-state index contributed by atoms with van der Waals surface area (Å²) < 4.78 is 11.2. The predicted octanol–water partition coefficient (Wildman–Crippen LogP) is 2.69. The van der Waals surface area contributed by atoms with E-state index in [1.807, 2.05) is 0 Å². The minimum atomic E-state index is 0.0132. The first kappa shape index (κ1) is 14.3. The summed E-state index contributed by atoms with van der Waals surface area (Å²) in [5, 5.41) is 0. The zero-order valence-corrected chi connectivity index (χ0v) is 12.5. The molecule has 1 aliphatic carbocycles. The van der Waals surface area contributed by atoms with Crippen LogP contribution in [0.5, 0.6) is 0 Å². The van der Waals surface area contributed by atoms with Crippen LogP contribution in [-0.2, 0) is 9.47 Å². The first-order valence-electron chi connectivity index (χ1n) is 7.32. The largest absolute Gasteiger partial charge is 0.383 e. The van der Waals surface area contributed by atoms with Crippen molar-refractivity contribution in [1.82, 2.24) is 4.90 Å². The maximum absolute atomic E-state index is 6.10. The van der Waals surface area contributed by atoms with Crippen molar-refractivity contribution in [3.63, 3.8) is 0 Å². The maximum Gasteiger partial charge on any atom is 0.0602 e. The molecule has 1 aliphatic heterocycles. The van der Waals surface area contributed by atoms with Crippen molar-refractivity contribution < 1.29 is 9.47 Å². The van der Waals surface area contributed by atoms with Crippen LogP contribution >= 0.6 is 0 Å². The number of ether oxygens (including phenoxy) is 2. The topological polar surface area (TPSA) is 21.7 Å². The molecule has 1 saturated heterocycles. The molecule has 2 rings (SSSR count). The number of rotatable bonds is 4. The second-order valence-electron chi connectivity index (χ2n) is 7.13. The molecule has 0 unspecified atom stereocenters. The molecule has 0 aromatic rings. The summed E-state index contributed by atoms with van der Waals surface area (Å²) in [5.41, 5.74) is 0.630. The minimum Gasteiger partial charge on any atom is -0.383 e. The van der Waals surface area contributed by atoms with Gasteiger partial charge >= 0.3 is 0 Å². The van der Waals surface area contributed by atoms with Gasteiger partial charge in [0.15, 0.2) is 0 Å². The molecular formula is C15H29NO2. The van der Waals surface area contributed by atoms with E-state index in [0.29, 0.717) is 11.5 Å². The summed E-state index contributed by atoms with van der Waals surface area (Å²) in [4.78, 5) is 2.52. The third-order valence-electron chi connectivity index (χ3n) is 4.24. The van der Waals surface area contributed by atoms with Gasteiger partial charge in [-0.1, -0.05) is 0 Å². The fraction of sp³-hybridized carbons (Fsp3) is 1.00. The zero-order valence-electron chi connectivity index (χ0n) is 12.5. The van der Waals surface area contributed by atoms with Gasteiger partial charge in [0, 0.05) is 26.7 Å². The van der Waals surface area contributed by atoms with Gasteiger partial charge in [-0.25, -0.2) is 0 Å². The SMILES string of the molecule is COCCN1CC2(CCC(OC(C)(C)C)CC2)C1. The van der Waals surface area contributed by atoms with Crippen molar-refractivity contribution in [3.05, 3.63) is 0 Å². The zero-order chi connectivity index (χ0) is 13.2. The van der Waals surface area contributed by atoms with Gasteiger partial charge in [0.05, 0.1) is 18.3 Å². The van der Waals surface area contributed by atoms with Gasteiger partial charge in [-0.05, 0) is 51.9 Å². The van der Waals surface area contributed by atoms with Crippen molar-refractivity contribution >= 4 is 0 Å². The number of likely N-dealkylation sites (tertiary alicyclic amines) is 1. The Morgan fingerprint density at radius 3 is 2.28 bits per heavy atom. The molecule has 1 saturated carbocycles. The standard InChI is InChI=1S/C15H29NO2/c1-14(2,3)18-13-5-7-15(8-6-13)11-16(12-15)9-10-17-4/h13H,5-12H2,1-4H3. The summed E-state index contributed by atoms with van der Waals surface area (Å²) in [6.45, 7) is 11.0. The van der Waals surface area contributed by atoms with Gasteiger partial charge in [-0.3, -0.25) is 4.90 Å². The van der Waals surface area contributed by atoms with Crippen molar-refractivity contribution in [2.24, 2.45) is 5.41 Å². The lowest BCUT2D eigenvalue weighted by Crippen LogP contribution is -2.58. The highest BCUT2D eigenvalue weighted by Crippen LogP contribution is 2.44. The highest BCUT2D eigenvalue weighted by molar-refractivity contribution is 4.98. The predicted molar refractivity (Wildman–Crippen MR) is 73.8 cm³/mol. The minimum absolute atomic E-state index is 0.0132. The van der Waals surface area contributed by atoms with E-state index in [9.17, 15) is 0 Å². The molecule has 0 amide bonds. The molecule has 18 heavy (non-hydrogen) atoms. The van der Waals surface area contributed by atoms with E-state index < -0.39 is 0 Å². The Kier molecular flexibility index (Phi) is 4.35. The van der Waals surface area contributed by atoms with Crippen LogP contribution < -0.4 is 0 Å². The fourth-order valence-electron chi connectivity index (χ4n) is 3.42. The molecule has 0 radical (unpaired) electrons. The molecule has 106 valence electrons. The van der Waals surface area contributed by atoms with Crippen LogP contribution in [-0.4, -0.2) is 50.0 Å². The number of nitrogens with zero attached hydrogens (tertiary/aromatic N) is 1. The first-order chi connectivity index (χ1) is 8.42. The van der Waals surface area contributed by atoms with Crippen molar-refractivity contribution in [1.29, 1.82) is 0 Å². The van der Waals surface area contributed by atoms with Crippen molar-refractivity contribution in [3.8, 4) is 0 Å². The quantitative estimate of drug-likeness (QED) is 0.771. The van der Waals surface area contributed by atoms with E-state index in [1.54, 1.807) is 7.11 Å². The van der Waals surface area contributed by atoms with Crippen LogP contribution in [0, 0.1) is 5.41 Å². The van der Waals surface area contributed by atoms with E-state index in [4.69, 9.17) is 9.47 Å². The van der Waals surface area contributed by atoms with E-state index in [1.165, 1.54) is 38.8 Å². The van der Waals surface area contributed by atoms with E-state index in [2.05, 4.69) is 25.7 Å². The molecule has 1 heterocycles. The van der Waals surface area contributed by atoms with Crippen LogP contribution in [0.25, 0.3) is 0 Å². The smallest absolute Gasteiger partial charge is 0.0602 e. The van der Waals surface area contributed by atoms with E-state index >= 15 is 0 Å². The number of hydrogen-bond acceptors (Lipinski definition) is 3. The molecule has 0 N–H and O–H groups in total. The molecule has 3 heteroatoms.